The molecule has 0 amide bonds. The van der Waals surface area contributed by atoms with Gasteiger partial charge in [0.05, 0.1) is 0 Å². The average molecular weight is 535 g/mol. The van der Waals surface area contributed by atoms with Gasteiger partial charge in [0.25, 0.3) is 0 Å². The number of fused-ring (bicyclic) bond motifs is 4. The molecule has 4 aliphatic carbocycles. The minimum atomic E-state index is -1.29. The zero-order chi connectivity index (χ0) is 28.5. The van der Waals surface area contributed by atoms with Crippen LogP contribution >= 0.6 is 0 Å². The van der Waals surface area contributed by atoms with Crippen LogP contribution < -0.4 is 0 Å². The molecular weight excluding hydrogens is 484 g/mol. The van der Waals surface area contributed by atoms with Gasteiger partial charge in [-0.15, -0.1) is 0 Å². The number of allylic oxidation sites excluding steroid dienone is 9. The molecule has 2 N–H and O–H groups in total. The van der Waals surface area contributed by atoms with Crippen LogP contribution in [0.2, 0.25) is 0 Å². The molecule has 0 heterocycles. The van der Waals surface area contributed by atoms with Crippen LogP contribution in [0.4, 0.5) is 0 Å². The molecular formula is C35H50O4. The van der Waals surface area contributed by atoms with E-state index in [0.717, 1.165) is 44.9 Å². The number of hydrogen-bond donors (Lipinski definition) is 2. The summed E-state index contributed by atoms with van der Waals surface area (Å²) in [4.78, 5) is 27.6. The zero-order valence-corrected chi connectivity index (χ0v) is 25.0. The number of aliphatic hydroxyl groups excluding tert-OH is 1. The predicted molar refractivity (Wildman–Crippen MR) is 158 cm³/mol. The van der Waals surface area contributed by atoms with E-state index in [0.29, 0.717) is 24.7 Å². The Morgan fingerprint density at radius 3 is 2.49 bits per heavy atom. The molecule has 214 valence electrons. The van der Waals surface area contributed by atoms with Crippen LogP contribution in [-0.4, -0.2) is 22.0 Å². The Labute approximate surface area is 236 Å². The number of carboxylic acids is 1. The van der Waals surface area contributed by atoms with E-state index in [-0.39, 0.29) is 29.1 Å². The van der Waals surface area contributed by atoms with Gasteiger partial charge in [-0.25, -0.2) is 4.79 Å². The highest BCUT2D eigenvalue weighted by molar-refractivity contribution is 6.18. The Morgan fingerprint density at radius 1 is 1.08 bits per heavy atom. The van der Waals surface area contributed by atoms with Crippen molar-refractivity contribution in [3.05, 3.63) is 58.9 Å². The van der Waals surface area contributed by atoms with Crippen LogP contribution in [0.25, 0.3) is 0 Å². The Bertz CT molecular complexity index is 1120. The number of carbonyl (C=O) groups excluding carboxylic acids is 1. The van der Waals surface area contributed by atoms with E-state index in [1.54, 1.807) is 0 Å². The highest BCUT2D eigenvalue weighted by Crippen LogP contribution is 2.59. The van der Waals surface area contributed by atoms with Gasteiger partial charge in [0.15, 0.2) is 5.78 Å². The van der Waals surface area contributed by atoms with Crippen molar-refractivity contribution in [3.8, 4) is 0 Å². The van der Waals surface area contributed by atoms with Gasteiger partial charge in [0.1, 0.15) is 11.3 Å². The summed E-state index contributed by atoms with van der Waals surface area (Å²) in [6, 6.07) is 0. The van der Waals surface area contributed by atoms with Crippen molar-refractivity contribution in [2.75, 3.05) is 0 Å². The summed E-state index contributed by atoms with van der Waals surface area (Å²) >= 11 is 0. The molecule has 1 fully saturated rings. The number of rotatable bonds is 4. The quantitative estimate of drug-likeness (QED) is 0.279. The Hall–Kier alpha value is -2.36. The van der Waals surface area contributed by atoms with Gasteiger partial charge in [-0.05, 0) is 88.4 Å². The van der Waals surface area contributed by atoms with Gasteiger partial charge in [-0.1, -0.05) is 88.1 Å². The summed E-state index contributed by atoms with van der Waals surface area (Å²) in [5.74, 6) is -1.15. The number of carboxylic acid groups (broad SMARTS) is 1. The smallest absolute Gasteiger partial charge is 0.342 e. The molecule has 1 saturated carbocycles. The molecule has 4 unspecified atom stereocenters. The maximum Gasteiger partial charge on any atom is 0.342 e. The molecule has 0 radical (unpaired) electrons. The van der Waals surface area contributed by atoms with Gasteiger partial charge < -0.3 is 10.2 Å². The summed E-state index contributed by atoms with van der Waals surface area (Å²) in [6.45, 7) is 12.8. The molecule has 0 aromatic heterocycles. The lowest BCUT2D eigenvalue weighted by Crippen LogP contribution is -2.48. The summed E-state index contributed by atoms with van der Waals surface area (Å²) in [6.07, 6.45) is 21.1. The molecule has 0 aromatic carbocycles. The van der Waals surface area contributed by atoms with Crippen molar-refractivity contribution in [2.45, 2.75) is 99.3 Å². The van der Waals surface area contributed by atoms with E-state index in [9.17, 15) is 19.8 Å². The van der Waals surface area contributed by atoms with Gasteiger partial charge in [-0.2, -0.15) is 0 Å². The minimum absolute atomic E-state index is 0.0479. The molecule has 0 spiro atoms. The first-order chi connectivity index (χ1) is 18.5. The number of Topliss-reactive ketones (excluding diaryl/α,β-unsaturated/α-hetero) is 1. The number of aliphatic hydroxyl groups is 1. The highest BCUT2D eigenvalue weighted by Gasteiger charge is 2.55. The standard InChI is InChI=1S/C35H50O4/c1-7-11-25-19-29-31(36)30(33(38)39)32(37)35(8-2)27(16-15-26-18-22(3)14-17-28(26)35)13-10-9-12-23(4)20-34(29,6)21-24(25)5/h9-10,15-16,20-22,25-29,37H,7-8,11-14,17-19H2,1-6H3,(H,38,39)/b10-9+,23-20+,32-30?/t22-,25-,26?,27?,28?,29?,34-,35+/m0/s1. The Kier molecular flexibility index (Phi) is 8.83. The highest BCUT2D eigenvalue weighted by atomic mass is 16.4. The molecule has 4 heteroatoms. The maximum atomic E-state index is 14.6. The molecule has 0 bridgehead atoms. The number of aliphatic carboxylic acids is 1. The first-order valence-corrected chi connectivity index (χ1v) is 15.4. The third kappa shape index (κ3) is 5.37. The zero-order valence-electron chi connectivity index (χ0n) is 25.0. The molecule has 8 atom stereocenters. The fraction of sp³-hybridized carbons (Fsp3) is 0.657. The largest absolute Gasteiger partial charge is 0.511 e. The van der Waals surface area contributed by atoms with E-state index < -0.39 is 28.5 Å². The maximum absolute atomic E-state index is 14.6. The number of carbonyl (C=O) groups is 2. The third-order valence-corrected chi connectivity index (χ3v) is 10.8. The fourth-order valence-electron chi connectivity index (χ4n) is 8.82. The van der Waals surface area contributed by atoms with Crippen LogP contribution in [0.3, 0.4) is 0 Å². The molecule has 0 saturated heterocycles. The van der Waals surface area contributed by atoms with Crippen molar-refractivity contribution in [3.63, 3.8) is 0 Å². The number of ketones is 1. The minimum Gasteiger partial charge on any atom is -0.511 e. The van der Waals surface area contributed by atoms with Crippen LogP contribution in [0, 0.1) is 46.3 Å². The van der Waals surface area contributed by atoms with Crippen molar-refractivity contribution in [1.29, 1.82) is 0 Å². The normalized spacial score (nSPS) is 41.4. The summed E-state index contributed by atoms with van der Waals surface area (Å²) in [5.41, 5.74) is 0.731. The lowest BCUT2D eigenvalue weighted by Gasteiger charge is -2.53. The summed E-state index contributed by atoms with van der Waals surface area (Å²) in [5, 5.41) is 22.9. The third-order valence-electron chi connectivity index (χ3n) is 10.8. The predicted octanol–water partition coefficient (Wildman–Crippen LogP) is 8.77. The number of hydrogen-bond acceptors (Lipinski definition) is 3. The van der Waals surface area contributed by atoms with Crippen LogP contribution in [-0.2, 0) is 9.59 Å². The van der Waals surface area contributed by atoms with Crippen molar-refractivity contribution < 1.29 is 19.8 Å². The van der Waals surface area contributed by atoms with Gasteiger partial charge in [-0.3, -0.25) is 4.79 Å². The molecule has 39 heavy (non-hydrogen) atoms. The molecule has 4 rings (SSSR count). The second-order valence-electron chi connectivity index (χ2n) is 13.4. The van der Waals surface area contributed by atoms with E-state index in [1.807, 2.05) is 0 Å². The van der Waals surface area contributed by atoms with Crippen molar-refractivity contribution >= 4 is 11.8 Å². The van der Waals surface area contributed by atoms with Crippen molar-refractivity contribution in [1.82, 2.24) is 0 Å². The molecule has 4 nitrogen and oxygen atoms in total. The van der Waals surface area contributed by atoms with E-state index in [1.165, 1.54) is 11.1 Å². The van der Waals surface area contributed by atoms with Gasteiger partial charge in [0, 0.05) is 16.7 Å². The van der Waals surface area contributed by atoms with E-state index in [2.05, 4.69) is 78.0 Å². The fourth-order valence-corrected chi connectivity index (χ4v) is 8.82. The Morgan fingerprint density at radius 2 is 1.82 bits per heavy atom. The molecule has 0 aliphatic heterocycles. The first-order valence-electron chi connectivity index (χ1n) is 15.4. The summed E-state index contributed by atoms with van der Waals surface area (Å²) < 4.78 is 0. The van der Waals surface area contributed by atoms with Gasteiger partial charge >= 0.3 is 5.97 Å². The topological polar surface area (TPSA) is 74.6 Å². The van der Waals surface area contributed by atoms with E-state index >= 15 is 0 Å². The second-order valence-corrected chi connectivity index (χ2v) is 13.4. The van der Waals surface area contributed by atoms with Crippen LogP contribution in [0.15, 0.2) is 58.9 Å². The monoisotopic (exact) mass is 534 g/mol. The van der Waals surface area contributed by atoms with Gasteiger partial charge in [0.2, 0.25) is 0 Å². The lowest BCUT2D eigenvalue weighted by atomic mass is 9.51. The van der Waals surface area contributed by atoms with Crippen molar-refractivity contribution in [2.24, 2.45) is 46.3 Å². The lowest BCUT2D eigenvalue weighted by molar-refractivity contribution is -0.136. The second kappa shape index (κ2) is 11.6. The molecule has 0 aromatic rings. The van der Waals surface area contributed by atoms with Crippen LogP contribution in [0.1, 0.15) is 99.3 Å². The Balaban J connectivity index is 1.96. The average Bonchev–Trinajstić information content (AvgIpc) is 2.87. The van der Waals surface area contributed by atoms with Crippen LogP contribution in [0.5, 0.6) is 0 Å². The first kappa shape index (κ1) is 29.6. The summed E-state index contributed by atoms with van der Waals surface area (Å²) in [7, 11) is 0. The SMILES string of the molecule is CCC[C@H]1CC2C(=O)C(C(=O)O)=C(O)[C@]3(CC)C(C=CC4C[C@@H](C)CCC43)C/C=C/C/C(C)=C/[C@@]2(C)C=C1C. The molecule has 4 aliphatic rings. The van der Waals surface area contributed by atoms with E-state index in [4.69, 9.17) is 0 Å².